The number of nitrogens with zero attached hydrogens (tertiary/aromatic N) is 3. The van der Waals surface area contributed by atoms with Crippen molar-refractivity contribution in [2.75, 3.05) is 32.7 Å². The first-order valence-corrected chi connectivity index (χ1v) is 8.40. The predicted octanol–water partition coefficient (Wildman–Crippen LogP) is 1.24. The second-order valence-corrected chi connectivity index (χ2v) is 6.06. The zero-order valence-electron chi connectivity index (χ0n) is 14.3. The predicted molar refractivity (Wildman–Crippen MR) is 90.6 cm³/mol. The topological polar surface area (TPSA) is 76.8 Å². The summed E-state index contributed by atoms with van der Waals surface area (Å²) in [5.74, 6) is 0.365. The molecule has 0 aromatic heterocycles. The molecule has 0 aliphatic carbocycles. The smallest absolute Gasteiger partial charge is 0.263 e. The normalized spacial score (nSPS) is 17.8. The molecule has 6 heteroatoms. The fourth-order valence-electron chi connectivity index (χ4n) is 2.74. The van der Waals surface area contributed by atoms with Gasteiger partial charge in [0, 0.05) is 32.7 Å². The van der Waals surface area contributed by atoms with Crippen LogP contribution in [-0.2, 0) is 4.79 Å². The Labute approximate surface area is 143 Å². The van der Waals surface area contributed by atoms with Crippen molar-refractivity contribution in [1.29, 1.82) is 5.26 Å². The molecule has 1 heterocycles. The molecular weight excluding hydrogens is 306 g/mol. The third kappa shape index (κ3) is 4.70. The van der Waals surface area contributed by atoms with Gasteiger partial charge in [-0.25, -0.2) is 0 Å². The highest BCUT2D eigenvalue weighted by Gasteiger charge is 2.27. The summed E-state index contributed by atoms with van der Waals surface area (Å²) in [6.45, 7) is 7.09. The Morgan fingerprint density at radius 2 is 2.00 bits per heavy atom. The van der Waals surface area contributed by atoms with Gasteiger partial charge in [0.25, 0.3) is 5.91 Å². The van der Waals surface area contributed by atoms with Crippen LogP contribution in [0.3, 0.4) is 0 Å². The summed E-state index contributed by atoms with van der Waals surface area (Å²) in [6, 6.07) is 8.99. The number of carbonyl (C=O) groups is 1. The maximum absolute atomic E-state index is 12.5. The summed E-state index contributed by atoms with van der Waals surface area (Å²) in [4.78, 5) is 16.5. The molecule has 1 N–H and O–H groups in total. The highest BCUT2D eigenvalue weighted by Crippen LogP contribution is 2.19. The Morgan fingerprint density at radius 1 is 1.33 bits per heavy atom. The quantitative estimate of drug-likeness (QED) is 0.849. The molecule has 1 aromatic rings. The number of aliphatic hydroxyl groups is 1. The van der Waals surface area contributed by atoms with Crippen LogP contribution < -0.4 is 4.74 Å². The van der Waals surface area contributed by atoms with Crippen molar-refractivity contribution in [2.24, 2.45) is 0 Å². The van der Waals surface area contributed by atoms with Gasteiger partial charge < -0.3 is 14.7 Å². The van der Waals surface area contributed by atoms with E-state index in [0.29, 0.717) is 30.9 Å². The summed E-state index contributed by atoms with van der Waals surface area (Å²) < 4.78 is 5.69. The van der Waals surface area contributed by atoms with E-state index in [1.807, 2.05) is 6.92 Å². The van der Waals surface area contributed by atoms with Gasteiger partial charge in [0.1, 0.15) is 11.8 Å². The number of nitriles is 1. The first kappa shape index (κ1) is 18.2. The molecule has 0 saturated carbocycles. The van der Waals surface area contributed by atoms with Crippen LogP contribution >= 0.6 is 0 Å². The Bertz CT molecular complexity index is 591. The Morgan fingerprint density at radius 3 is 2.62 bits per heavy atom. The summed E-state index contributed by atoms with van der Waals surface area (Å²) in [6.07, 6.45) is -0.202. The van der Waals surface area contributed by atoms with Gasteiger partial charge >= 0.3 is 0 Å². The fourth-order valence-corrected chi connectivity index (χ4v) is 2.74. The number of β-amino-alcohol motifs (C(OH)–C–C–N with tert-alkyl or cyclic N) is 1. The summed E-state index contributed by atoms with van der Waals surface area (Å²) in [5.41, 5.74) is 0.426. The molecule has 1 saturated heterocycles. The molecule has 2 rings (SSSR count). The fraction of sp³-hybridized carbons (Fsp3) is 0.556. The largest absolute Gasteiger partial charge is 0.480 e. The lowest BCUT2D eigenvalue weighted by Gasteiger charge is -2.36. The van der Waals surface area contributed by atoms with Gasteiger partial charge in [-0.05, 0) is 25.5 Å². The van der Waals surface area contributed by atoms with Crippen molar-refractivity contribution in [3.63, 3.8) is 0 Å². The zero-order valence-corrected chi connectivity index (χ0v) is 14.3. The summed E-state index contributed by atoms with van der Waals surface area (Å²) >= 11 is 0. The second-order valence-electron chi connectivity index (χ2n) is 6.06. The van der Waals surface area contributed by atoms with E-state index >= 15 is 0 Å². The van der Waals surface area contributed by atoms with Crippen molar-refractivity contribution >= 4 is 5.91 Å². The second kappa shape index (κ2) is 8.67. The molecule has 1 fully saturated rings. The highest BCUT2D eigenvalue weighted by atomic mass is 16.5. The average Bonchev–Trinajstić information content (AvgIpc) is 2.62. The van der Waals surface area contributed by atoms with Gasteiger partial charge in [0.2, 0.25) is 0 Å². The van der Waals surface area contributed by atoms with Crippen molar-refractivity contribution < 1.29 is 14.6 Å². The number of carbonyl (C=O) groups excluding carboxylic acids is 1. The van der Waals surface area contributed by atoms with E-state index in [1.54, 1.807) is 36.1 Å². The van der Waals surface area contributed by atoms with E-state index in [9.17, 15) is 9.90 Å². The van der Waals surface area contributed by atoms with E-state index in [-0.39, 0.29) is 12.0 Å². The van der Waals surface area contributed by atoms with E-state index in [1.165, 1.54) is 0 Å². The Balaban J connectivity index is 1.87. The number of piperazine rings is 1. The van der Waals surface area contributed by atoms with Gasteiger partial charge in [0.05, 0.1) is 11.7 Å². The van der Waals surface area contributed by atoms with Crippen LogP contribution in [0.4, 0.5) is 0 Å². The molecule has 0 bridgehead atoms. The summed E-state index contributed by atoms with van der Waals surface area (Å²) in [7, 11) is 0. The number of hydrogen-bond acceptors (Lipinski definition) is 5. The minimum atomic E-state index is -0.632. The van der Waals surface area contributed by atoms with Crippen LogP contribution in [-0.4, -0.2) is 65.7 Å². The van der Waals surface area contributed by atoms with Crippen molar-refractivity contribution in [2.45, 2.75) is 32.5 Å². The number of rotatable bonds is 6. The Hall–Kier alpha value is -2.10. The lowest BCUT2D eigenvalue weighted by Crippen LogP contribution is -2.53. The van der Waals surface area contributed by atoms with Crippen molar-refractivity contribution in [1.82, 2.24) is 9.80 Å². The monoisotopic (exact) mass is 331 g/mol. The minimum Gasteiger partial charge on any atom is -0.480 e. The molecule has 0 radical (unpaired) electrons. The molecule has 6 nitrogen and oxygen atoms in total. The van der Waals surface area contributed by atoms with Gasteiger partial charge in [-0.15, -0.1) is 0 Å². The first-order chi connectivity index (χ1) is 11.5. The molecular formula is C18H25N3O3. The molecule has 24 heavy (non-hydrogen) atoms. The zero-order chi connectivity index (χ0) is 17.5. The number of hydrogen-bond donors (Lipinski definition) is 1. The molecule has 130 valence electrons. The lowest BCUT2D eigenvalue weighted by molar-refractivity contribution is -0.139. The van der Waals surface area contributed by atoms with Crippen molar-refractivity contribution in [3.8, 4) is 11.8 Å². The number of ether oxygens (including phenoxy) is 1. The highest BCUT2D eigenvalue weighted by molar-refractivity contribution is 5.81. The third-order valence-electron chi connectivity index (χ3n) is 4.28. The van der Waals surface area contributed by atoms with Crippen LogP contribution in [0.25, 0.3) is 0 Å². The summed E-state index contributed by atoms with van der Waals surface area (Å²) in [5, 5.41) is 18.8. The molecule has 1 amide bonds. The number of aliphatic hydroxyl groups excluding tert-OH is 1. The van der Waals surface area contributed by atoms with Crippen LogP contribution in [0.5, 0.6) is 5.75 Å². The van der Waals surface area contributed by atoms with Crippen LogP contribution in [0, 0.1) is 11.3 Å². The van der Waals surface area contributed by atoms with Crippen LogP contribution in [0.2, 0.25) is 0 Å². The molecule has 2 atom stereocenters. The van der Waals surface area contributed by atoms with Crippen LogP contribution in [0.15, 0.2) is 24.3 Å². The lowest BCUT2D eigenvalue weighted by atomic mass is 10.2. The molecule has 1 aromatic carbocycles. The van der Waals surface area contributed by atoms with E-state index < -0.39 is 6.10 Å². The standard InChI is InChI=1S/C18H25N3O3/c1-3-16(22)13-20-8-10-21(11-9-20)18(23)14(2)24-17-7-5-4-6-15(17)12-19/h4-7,14,16,22H,3,8-11,13H2,1-2H3/t14-,16+/m0/s1. The van der Waals surface area contributed by atoms with E-state index in [2.05, 4.69) is 11.0 Å². The van der Waals surface area contributed by atoms with Gasteiger partial charge in [-0.3, -0.25) is 9.69 Å². The molecule has 0 spiro atoms. The van der Waals surface area contributed by atoms with E-state index in [4.69, 9.17) is 10.00 Å². The maximum atomic E-state index is 12.5. The number of benzene rings is 1. The SMILES string of the molecule is CC[C@@H](O)CN1CCN(C(=O)[C@H](C)Oc2ccccc2C#N)CC1. The third-order valence-corrected chi connectivity index (χ3v) is 4.28. The Kier molecular flexibility index (Phi) is 6.59. The minimum absolute atomic E-state index is 0.0709. The van der Waals surface area contributed by atoms with Gasteiger partial charge in [-0.1, -0.05) is 19.1 Å². The molecule has 1 aliphatic heterocycles. The van der Waals surface area contributed by atoms with Crippen LogP contribution in [0.1, 0.15) is 25.8 Å². The maximum Gasteiger partial charge on any atom is 0.263 e. The van der Waals surface area contributed by atoms with Crippen molar-refractivity contribution in [3.05, 3.63) is 29.8 Å². The number of para-hydroxylation sites is 1. The first-order valence-electron chi connectivity index (χ1n) is 8.40. The number of amides is 1. The van der Waals surface area contributed by atoms with Gasteiger partial charge in [-0.2, -0.15) is 5.26 Å². The van der Waals surface area contributed by atoms with E-state index in [0.717, 1.165) is 19.5 Å². The average molecular weight is 331 g/mol. The molecule has 1 aliphatic rings. The molecule has 0 unspecified atom stereocenters. The van der Waals surface area contributed by atoms with Gasteiger partial charge in [0.15, 0.2) is 6.10 Å².